The quantitative estimate of drug-likeness (QED) is 0.463. The average Bonchev–Trinajstić information content (AvgIpc) is 3.12. The molecule has 1 heterocycles. The van der Waals surface area contributed by atoms with Crippen LogP contribution >= 0.6 is 0 Å². The molecule has 1 aromatic carbocycles. The molecular weight excluding hydrogens is 336 g/mol. The molecular formula is C24H30O3. The fourth-order valence-electron chi connectivity index (χ4n) is 2.90. The Morgan fingerprint density at radius 1 is 1.04 bits per heavy atom. The van der Waals surface area contributed by atoms with Crippen molar-refractivity contribution in [1.82, 2.24) is 0 Å². The number of hydrogen-bond donors (Lipinski definition) is 0. The Morgan fingerprint density at radius 2 is 1.74 bits per heavy atom. The smallest absolute Gasteiger partial charge is 0.117 e. The minimum Gasteiger partial charge on any atom is -0.385 e. The Balaban J connectivity index is 2.02. The van der Waals surface area contributed by atoms with Gasteiger partial charge in [-0.15, -0.1) is 0 Å². The Bertz CT molecular complexity index is 712. The molecule has 0 aliphatic carbocycles. The van der Waals surface area contributed by atoms with Gasteiger partial charge in [0.1, 0.15) is 6.10 Å². The number of benzene rings is 1. The van der Waals surface area contributed by atoms with Crippen molar-refractivity contribution in [3.05, 3.63) is 47.0 Å². The Labute approximate surface area is 164 Å². The third-order valence-electron chi connectivity index (χ3n) is 4.39. The zero-order valence-electron chi connectivity index (χ0n) is 16.6. The van der Waals surface area contributed by atoms with E-state index in [1.165, 1.54) is 11.1 Å². The fraction of sp³-hybridized carbons (Fsp3) is 0.500. The number of rotatable bonds is 9. The summed E-state index contributed by atoms with van der Waals surface area (Å²) in [7, 11) is 3.46. The summed E-state index contributed by atoms with van der Waals surface area (Å²) in [6.07, 6.45) is 7.75. The second-order valence-corrected chi connectivity index (χ2v) is 6.51. The number of fused-ring (bicyclic) bond motifs is 1. The van der Waals surface area contributed by atoms with E-state index in [2.05, 4.69) is 47.9 Å². The van der Waals surface area contributed by atoms with Crippen molar-refractivity contribution in [2.45, 2.75) is 51.2 Å². The monoisotopic (exact) mass is 366 g/mol. The van der Waals surface area contributed by atoms with Gasteiger partial charge in [0.25, 0.3) is 0 Å². The first-order valence-corrected chi connectivity index (χ1v) is 9.71. The molecule has 1 aliphatic rings. The molecule has 3 heteroatoms. The van der Waals surface area contributed by atoms with Gasteiger partial charge in [0.05, 0.1) is 6.61 Å². The van der Waals surface area contributed by atoms with E-state index in [1.807, 2.05) is 6.08 Å². The van der Waals surface area contributed by atoms with Gasteiger partial charge in [-0.25, -0.2) is 0 Å². The second kappa shape index (κ2) is 13.2. The van der Waals surface area contributed by atoms with Gasteiger partial charge < -0.3 is 14.2 Å². The molecule has 1 aromatic rings. The van der Waals surface area contributed by atoms with Crippen molar-refractivity contribution in [2.24, 2.45) is 0 Å². The Morgan fingerprint density at radius 3 is 2.48 bits per heavy atom. The molecule has 0 spiro atoms. The molecule has 0 aromatic heterocycles. The lowest BCUT2D eigenvalue weighted by molar-refractivity contribution is 0.0942. The van der Waals surface area contributed by atoms with Crippen LogP contribution in [0.15, 0.2) is 35.9 Å². The molecule has 0 radical (unpaired) electrons. The van der Waals surface area contributed by atoms with Crippen LogP contribution in [0, 0.1) is 23.7 Å². The summed E-state index contributed by atoms with van der Waals surface area (Å²) in [6.45, 7) is 2.22. The maximum Gasteiger partial charge on any atom is 0.117 e. The first-order valence-electron chi connectivity index (χ1n) is 9.71. The number of unbranched alkanes of at least 4 members (excludes halogenated alkanes) is 4. The van der Waals surface area contributed by atoms with Gasteiger partial charge in [0.15, 0.2) is 0 Å². The number of allylic oxidation sites excluding steroid dienone is 1. The average molecular weight is 367 g/mol. The molecule has 1 unspecified atom stereocenters. The minimum atomic E-state index is -0.101. The van der Waals surface area contributed by atoms with Gasteiger partial charge in [0, 0.05) is 51.9 Å². The van der Waals surface area contributed by atoms with E-state index < -0.39 is 0 Å². The molecule has 1 aliphatic heterocycles. The fourth-order valence-corrected chi connectivity index (χ4v) is 2.90. The summed E-state index contributed by atoms with van der Waals surface area (Å²) < 4.78 is 16.2. The molecule has 2 rings (SSSR count). The van der Waals surface area contributed by atoms with Crippen LogP contribution in [-0.2, 0) is 20.8 Å². The van der Waals surface area contributed by atoms with Crippen LogP contribution < -0.4 is 0 Å². The molecule has 0 saturated carbocycles. The molecule has 0 saturated heterocycles. The van der Waals surface area contributed by atoms with Crippen molar-refractivity contribution in [3.63, 3.8) is 0 Å². The van der Waals surface area contributed by atoms with Crippen molar-refractivity contribution in [1.29, 1.82) is 0 Å². The van der Waals surface area contributed by atoms with Crippen LogP contribution in [-0.4, -0.2) is 27.4 Å². The van der Waals surface area contributed by atoms with Gasteiger partial charge in [-0.3, -0.25) is 0 Å². The van der Waals surface area contributed by atoms with Crippen molar-refractivity contribution < 1.29 is 14.2 Å². The lowest BCUT2D eigenvalue weighted by Crippen LogP contribution is -1.99. The highest BCUT2D eigenvalue weighted by atomic mass is 16.5. The van der Waals surface area contributed by atoms with E-state index in [0.29, 0.717) is 6.61 Å². The predicted molar refractivity (Wildman–Crippen MR) is 109 cm³/mol. The van der Waals surface area contributed by atoms with Gasteiger partial charge in [0.2, 0.25) is 0 Å². The summed E-state index contributed by atoms with van der Waals surface area (Å²) >= 11 is 0. The minimum absolute atomic E-state index is 0.101. The third kappa shape index (κ3) is 7.61. The van der Waals surface area contributed by atoms with Gasteiger partial charge in [-0.05, 0) is 36.8 Å². The van der Waals surface area contributed by atoms with E-state index >= 15 is 0 Å². The molecule has 0 amide bonds. The summed E-state index contributed by atoms with van der Waals surface area (Å²) in [5.74, 6) is 13.0. The summed E-state index contributed by atoms with van der Waals surface area (Å²) in [5, 5.41) is 0. The van der Waals surface area contributed by atoms with E-state index in [4.69, 9.17) is 14.2 Å². The topological polar surface area (TPSA) is 27.7 Å². The standard InChI is InChI=1S/C24H30O3/c1-25-18-12-6-3-4-8-14-21(15-9-5-7-13-19-26-2)24-23-17-11-10-16-22(23)20-27-24/h10-11,14,16-17,24H,3,5-7,12-13,18-20H2,1-2H3/b21-14+. The lowest BCUT2D eigenvalue weighted by Gasteiger charge is -2.10. The largest absolute Gasteiger partial charge is 0.385 e. The number of ether oxygens (including phenoxy) is 3. The van der Waals surface area contributed by atoms with Crippen LogP contribution in [0.25, 0.3) is 0 Å². The highest BCUT2D eigenvalue weighted by Gasteiger charge is 2.25. The number of methoxy groups -OCH3 is 2. The lowest BCUT2D eigenvalue weighted by atomic mass is 9.99. The molecule has 1 atom stereocenters. The normalized spacial score (nSPS) is 15.5. The predicted octanol–water partition coefficient (Wildman–Crippen LogP) is 4.82. The van der Waals surface area contributed by atoms with Gasteiger partial charge in [-0.1, -0.05) is 47.9 Å². The summed E-state index contributed by atoms with van der Waals surface area (Å²) in [6, 6.07) is 8.35. The van der Waals surface area contributed by atoms with Crippen molar-refractivity contribution >= 4 is 0 Å². The van der Waals surface area contributed by atoms with Crippen LogP contribution in [0.2, 0.25) is 0 Å². The zero-order valence-corrected chi connectivity index (χ0v) is 16.6. The van der Waals surface area contributed by atoms with E-state index in [1.54, 1.807) is 14.2 Å². The van der Waals surface area contributed by atoms with Crippen LogP contribution in [0.5, 0.6) is 0 Å². The van der Waals surface area contributed by atoms with Crippen molar-refractivity contribution in [3.8, 4) is 23.7 Å². The SMILES string of the molecule is COCCCCC#C/C=C(\C#CCCCCOC)C1OCc2ccccc21. The van der Waals surface area contributed by atoms with Gasteiger partial charge >= 0.3 is 0 Å². The van der Waals surface area contributed by atoms with Crippen LogP contribution in [0.3, 0.4) is 0 Å². The Hall–Kier alpha value is -2.04. The zero-order chi connectivity index (χ0) is 19.2. The molecule has 144 valence electrons. The molecule has 0 bridgehead atoms. The van der Waals surface area contributed by atoms with E-state index in [9.17, 15) is 0 Å². The summed E-state index contributed by atoms with van der Waals surface area (Å²) in [4.78, 5) is 0. The van der Waals surface area contributed by atoms with Crippen LogP contribution in [0.1, 0.15) is 55.8 Å². The Kier molecular flexibility index (Phi) is 10.4. The van der Waals surface area contributed by atoms with Crippen LogP contribution in [0.4, 0.5) is 0 Å². The maximum atomic E-state index is 6.02. The third-order valence-corrected chi connectivity index (χ3v) is 4.39. The first kappa shape index (κ1) is 21.3. The number of hydrogen-bond acceptors (Lipinski definition) is 3. The van der Waals surface area contributed by atoms with Gasteiger partial charge in [-0.2, -0.15) is 0 Å². The maximum absolute atomic E-state index is 6.02. The molecule has 27 heavy (non-hydrogen) atoms. The summed E-state index contributed by atoms with van der Waals surface area (Å²) in [5.41, 5.74) is 3.40. The molecule has 3 nitrogen and oxygen atoms in total. The highest BCUT2D eigenvalue weighted by molar-refractivity contribution is 5.46. The van der Waals surface area contributed by atoms with Crippen molar-refractivity contribution in [2.75, 3.05) is 27.4 Å². The molecule has 0 N–H and O–H groups in total. The molecule has 0 fully saturated rings. The first-order chi connectivity index (χ1) is 13.4. The van der Waals surface area contributed by atoms with E-state index in [0.717, 1.165) is 57.3 Å². The van der Waals surface area contributed by atoms with E-state index in [-0.39, 0.29) is 6.10 Å². The second-order valence-electron chi connectivity index (χ2n) is 6.51. The highest BCUT2D eigenvalue weighted by Crippen LogP contribution is 2.35.